The highest BCUT2D eigenvalue weighted by Crippen LogP contribution is 2.30. The average molecular weight is 452 g/mol. The van der Waals surface area contributed by atoms with E-state index in [-0.39, 0.29) is 29.8 Å². The standard InChI is InChI=1S/C23H37N3O4S/c1-13(2)24-23(28)20-12-15(5)21(17(7)16(20)6)25-22(27)18-8-10-19(11-9-18)26-31(29,30)14(3)4/h12-14,18-19,26H,8-11H2,1-7H3,(H,24,28)(H,25,27). The molecule has 0 radical (unpaired) electrons. The molecule has 1 aliphatic rings. The Morgan fingerprint density at radius 2 is 1.55 bits per heavy atom. The number of sulfonamides is 1. The minimum atomic E-state index is -3.30. The van der Waals surface area contributed by atoms with E-state index in [0.717, 1.165) is 22.4 Å². The number of aryl methyl sites for hydroxylation is 1. The molecule has 2 rings (SSSR count). The van der Waals surface area contributed by atoms with Crippen LogP contribution in [-0.4, -0.2) is 37.6 Å². The summed E-state index contributed by atoms with van der Waals surface area (Å²) in [6, 6.07) is 1.76. The number of carbonyl (C=O) groups excluding carboxylic acids is 2. The number of hydrogen-bond donors (Lipinski definition) is 3. The van der Waals surface area contributed by atoms with E-state index in [9.17, 15) is 18.0 Å². The van der Waals surface area contributed by atoms with Crippen LogP contribution in [0, 0.1) is 26.7 Å². The van der Waals surface area contributed by atoms with Crippen molar-refractivity contribution in [2.45, 2.75) is 91.5 Å². The van der Waals surface area contributed by atoms with Crippen molar-refractivity contribution >= 4 is 27.5 Å². The van der Waals surface area contributed by atoms with Gasteiger partial charge in [0.05, 0.1) is 5.25 Å². The molecule has 7 nitrogen and oxygen atoms in total. The number of anilines is 1. The SMILES string of the molecule is Cc1cc(C(=O)NC(C)C)c(C)c(C)c1NC(=O)C1CCC(NS(=O)(=O)C(C)C)CC1. The smallest absolute Gasteiger partial charge is 0.251 e. The minimum Gasteiger partial charge on any atom is -0.350 e. The second-order valence-corrected chi connectivity index (χ2v) is 11.5. The number of nitrogens with one attached hydrogen (secondary N) is 3. The van der Waals surface area contributed by atoms with Gasteiger partial charge < -0.3 is 10.6 Å². The number of hydrogen-bond acceptors (Lipinski definition) is 4. The molecule has 31 heavy (non-hydrogen) atoms. The van der Waals surface area contributed by atoms with E-state index in [1.54, 1.807) is 13.8 Å². The predicted molar refractivity (Wildman–Crippen MR) is 125 cm³/mol. The van der Waals surface area contributed by atoms with E-state index >= 15 is 0 Å². The van der Waals surface area contributed by atoms with Crippen LogP contribution in [0.3, 0.4) is 0 Å². The van der Waals surface area contributed by atoms with Gasteiger partial charge in [-0.05, 0) is 96.9 Å². The predicted octanol–water partition coefficient (Wildman–Crippen LogP) is 3.58. The molecule has 0 spiro atoms. The second kappa shape index (κ2) is 10.1. The summed E-state index contributed by atoms with van der Waals surface area (Å²) in [7, 11) is -3.30. The normalized spacial score (nSPS) is 19.5. The average Bonchev–Trinajstić information content (AvgIpc) is 2.67. The van der Waals surface area contributed by atoms with Gasteiger partial charge in [0.1, 0.15) is 0 Å². The van der Waals surface area contributed by atoms with Gasteiger partial charge in [-0.15, -0.1) is 0 Å². The Labute approximate surface area is 186 Å². The van der Waals surface area contributed by atoms with Gasteiger partial charge >= 0.3 is 0 Å². The van der Waals surface area contributed by atoms with Crippen molar-refractivity contribution in [2.75, 3.05) is 5.32 Å². The number of amides is 2. The molecule has 1 saturated carbocycles. The lowest BCUT2D eigenvalue weighted by Crippen LogP contribution is -2.42. The number of benzene rings is 1. The molecule has 3 N–H and O–H groups in total. The van der Waals surface area contributed by atoms with Crippen LogP contribution in [0.25, 0.3) is 0 Å². The Morgan fingerprint density at radius 3 is 2.06 bits per heavy atom. The first-order valence-corrected chi connectivity index (χ1v) is 12.6. The summed E-state index contributed by atoms with van der Waals surface area (Å²) in [5.74, 6) is -0.309. The van der Waals surface area contributed by atoms with E-state index < -0.39 is 15.3 Å². The van der Waals surface area contributed by atoms with E-state index in [1.165, 1.54) is 0 Å². The van der Waals surface area contributed by atoms with Crippen LogP contribution in [0.2, 0.25) is 0 Å². The van der Waals surface area contributed by atoms with E-state index in [4.69, 9.17) is 0 Å². The van der Waals surface area contributed by atoms with Crippen molar-refractivity contribution in [3.05, 3.63) is 28.3 Å². The van der Waals surface area contributed by atoms with Gasteiger partial charge in [0.15, 0.2) is 0 Å². The summed E-state index contributed by atoms with van der Waals surface area (Å²) in [5, 5.41) is 5.52. The number of rotatable bonds is 7. The molecule has 1 fully saturated rings. The Bertz CT molecular complexity index is 931. The van der Waals surface area contributed by atoms with Crippen molar-refractivity contribution in [2.24, 2.45) is 5.92 Å². The zero-order valence-electron chi connectivity index (χ0n) is 19.8. The molecular formula is C23H37N3O4S. The van der Waals surface area contributed by atoms with Crippen molar-refractivity contribution in [1.29, 1.82) is 0 Å². The quantitative estimate of drug-likeness (QED) is 0.589. The maximum Gasteiger partial charge on any atom is 0.251 e. The zero-order chi connectivity index (χ0) is 23.5. The lowest BCUT2D eigenvalue weighted by molar-refractivity contribution is -0.120. The molecule has 0 aliphatic heterocycles. The molecular weight excluding hydrogens is 414 g/mol. The third-order valence-corrected chi connectivity index (χ3v) is 7.96. The number of carbonyl (C=O) groups is 2. The largest absolute Gasteiger partial charge is 0.350 e. The van der Waals surface area contributed by atoms with Gasteiger partial charge in [0.25, 0.3) is 5.91 Å². The van der Waals surface area contributed by atoms with Gasteiger partial charge in [-0.2, -0.15) is 0 Å². The second-order valence-electron chi connectivity index (χ2n) is 9.24. The molecule has 1 aromatic carbocycles. The van der Waals surface area contributed by atoms with Crippen LogP contribution in [0.15, 0.2) is 6.07 Å². The van der Waals surface area contributed by atoms with Crippen LogP contribution < -0.4 is 15.4 Å². The van der Waals surface area contributed by atoms with Gasteiger partial charge in [0, 0.05) is 29.3 Å². The molecule has 8 heteroatoms. The molecule has 0 bridgehead atoms. The Kier molecular flexibility index (Phi) is 8.27. The molecule has 2 amide bonds. The van der Waals surface area contributed by atoms with Crippen molar-refractivity contribution in [3.63, 3.8) is 0 Å². The lowest BCUT2D eigenvalue weighted by Gasteiger charge is -2.29. The molecule has 174 valence electrons. The topological polar surface area (TPSA) is 104 Å². The van der Waals surface area contributed by atoms with Crippen molar-refractivity contribution in [1.82, 2.24) is 10.0 Å². The molecule has 0 saturated heterocycles. The molecule has 1 aromatic rings. The highest BCUT2D eigenvalue weighted by Gasteiger charge is 2.30. The molecule has 1 aliphatic carbocycles. The van der Waals surface area contributed by atoms with Gasteiger partial charge in [-0.25, -0.2) is 13.1 Å². The summed E-state index contributed by atoms with van der Waals surface area (Å²) in [5.41, 5.74) is 3.97. The first-order valence-electron chi connectivity index (χ1n) is 11.1. The van der Waals surface area contributed by atoms with E-state index in [1.807, 2.05) is 40.7 Å². The first kappa shape index (κ1) is 25.3. The van der Waals surface area contributed by atoms with Crippen LogP contribution in [0.1, 0.15) is 80.4 Å². The maximum atomic E-state index is 12.9. The molecule has 0 heterocycles. The van der Waals surface area contributed by atoms with Gasteiger partial charge in [-0.1, -0.05) is 0 Å². The van der Waals surface area contributed by atoms with E-state index in [0.29, 0.717) is 31.2 Å². The monoisotopic (exact) mass is 451 g/mol. The summed E-state index contributed by atoms with van der Waals surface area (Å²) in [6.07, 6.45) is 2.58. The van der Waals surface area contributed by atoms with Crippen LogP contribution >= 0.6 is 0 Å². The Balaban J connectivity index is 2.06. The molecule has 0 atom stereocenters. The van der Waals surface area contributed by atoms with Gasteiger partial charge in [-0.3, -0.25) is 9.59 Å². The third-order valence-electron chi connectivity index (χ3n) is 6.06. The fourth-order valence-electron chi connectivity index (χ4n) is 3.92. The third kappa shape index (κ3) is 6.29. The van der Waals surface area contributed by atoms with Crippen LogP contribution in [-0.2, 0) is 14.8 Å². The van der Waals surface area contributed by atoms with Gasteiger partial charge in [0.2, 0.25) is 15.9 Å². The lowest BCUT2D eigenvalue weighted by atomic mass is 9.85. The van der Waals surface area contributed by atoms with Crippen molar-refractivity contribution < 1.29 is 18.0 Å². The Hall–Kier alpha value is -1.93. The first-order chi connectivity index (χ1) is 14.3. The van der Waals surface area contributed by atoms with E-state index in [2.05, 4.69) is 15.4 Å². The highest BCUT2D eigenvalue weighted by atomic mass is 32.2. The van der Waals surface area contributed by atoms with Crippen LogP contribution in [0.4, 0.5) is 5.69 Å². The summed E-state index contributed by atoms with van der Waals surface area (Å²) in [6.45, 7) is 12.9. The fourth-order valence-corrected chi connectivity index (χ4v) is 4.89. The fraction of sp³-hybridized carbons (Fsp3) is 0.652. The zero-order valence-corrected chi connectivity index (χ0v) is 20.6. The summed E-state index contributed by atoms with van der Waals surface area (Å²) < 4.78 is 26.9. The van der Waals surface area contributed by atoms with Crippen LogP contribution in [0.5, 0.6) is 0 Å². The van der Waals surface area contributed by atoms with Crippen molar-refractivity contribution in [3.8, 4) is 0 Å². The minimum absolute atomic E-state index is 0.0462. The Morgan fingerprint density at radius 1 is 0.968 bits per heavy atom. The molecule has 0 unspecified atom stereocenters. The summed E-state index contributed by atoms with van der Waals surface area (Å²) >= 11 is 0. The highest BCUT2D eigenvalue weighted by molar-refractivity contribution is 7.90. The summed E-state index contributed by atoms with van der Waals surface area (Å²) in [4.78, 5) is 25.4. The maximum absolute atomic E-state index is 12.9. The molecule has 0 aromatic heterocycles.